The topological polar surface area (TPSA) is 150 Å². The lowest BCUT2D eigenvalue weighted by Gasteiger charge is -2.42. The Morgan fingerprint density at radius 2 is 1.92 bits per heavy atom. The SMILES string of the molecule is Nc1nc(N2CCC3(CC2)Cc2ccc(N4CCOCC4=O)cc2[C@H]3N)cnc1Sc1ccnc(N)c1Cl. The van der Waals surface area contributed by atoms with Crippen LogP contribution in [-0.2, 0) is 16.0 Å². The first kappa shape index (κ1) is 25.2. The first-order chi connectivity index (χ1) is 18.3. The smallest absolute Gasteiger partial charge is 0.253 e. The van der Waals surface area contributed by atoms with Crippen LogP contribution < -0.4 is 27.0 Å². The highest BCUT2D eigenvalue weighted by molar-refractivity contribution is 7.99. The summed E-state index contributed by atoms with van der Waals surface area (Å²) in [6, 6.07) is 7.97. The number of aromatic nitrogens is 3. The summed E-state index contributed by atoms with van der Waals surface area (Å²) in [6.45, 7) is 2.86. The minimum atomic E-state index is -0.0804. The third kappa shape index (κ3) is 4.43. The monoisotopic (exact) mass is 552 g/mol. The minimum Gasteiger partial charge on any atom is -0.382 e. The van der Waals surface area contributed by atoms with Crippen LogP contribution in [0.25, 0.3) is 0 Å². The minimum absolute atomic E-state index is 0.0106. The molecule has 0 radical (unpaired) electrons. The second kappa shape index (κ2) is 9.88. The third-order valence-corrected chi connectivity index (χ3v) is 9.46. The van der Waals surface area contributed by atoms with Crippen LogP contribution in [0.4, 0.5) is 23.1 Å². The van der Waals surface area contributed by atoms with E-state index in [0.717, 1.165) is 54.3 Å². The lowest BCUT2D eigenvalue weighted by molar-refractivity contribution is -0.125. The van der Waals surface area contributed by atoms with Crippen LogP contribution in [0.5, 0.6) is 0 Å². The van der Waals surface area contributed by atoms with Crippen molar-refractivity contribution in [1.82, 2.24) is 15.0 Å². The molecule has 2 aromatic heterocycles. The summed E-state index contributed by atoms with van der Waals surface area (Å²) >= 11 is 7.58. The van der Waals surface area contributed by atoms with Crippen molar-refractivity contribution in [2.24, 2.45) is 11.1 Å². The van der Waals surface area contributed by atoms with Gasteiger partial charge in [0, 0.05) is 42.5 Å². The van der Waals surface area contributed by atoms with Crippen LogP contribution in [0, 0.1) is 5.41 Å². The molecular weight excluding hydrogens is 524 g/mol. The predicted molar refractivity (Wildman–Crippen MR) is 148 cm³/mol. The molecule has 12 heteroatoms. The van der Waals surface area contributed by atoms with Crippen LogP contribution in [0.2, 0.25) is 5.02 Å². The van der Waals surface area contributed by atoms with Crippen molar-refractivity contribution in [2.45, 2.75) is 35.2 Å². The summed E-state index contributed by atoms with van der Waals surface area (Å²) in [7, 11) is 0. The number of amides is 1. The number of ether oxygens (including phenoxy) is 1. The zero-order valence-electron chi connectivity index (χ0n) is 20.8. The quantitative estimate of drug-likeness (QED) is 0.440. The normalized spacial score (nSPS) is 20.7. The van der Waals surface area contributed by atoms with Crippen molar-refractivity contribution in [3.05, 3.63) is 52.8 Å². The molecule has 1 amide bonds. The van der Waals surface area contributed by atoms with E-state index in [1.807, 2.05) is 6.07 Å². The molecule has 0 unspecified atom stereocenters. The van der Waals surface area contributed by atoms with Crippen LogP contribution in [0.15, 0.2) is 46.6 Å². The van der Waals surface area contributed by atoms with Gasteiger partial charge in [-0.2, -0.15) is 0 Å². The Balaban J connectivity index is 1.14. The molecule has 3 aliphatic rings. The molecule has 6 rings (SSSR count). The lowest BCUT2D eigenvalue weighted by atomic mass is 9.73. The third-order valence-electron chi connectivity index (χ3n) is 7.89. The number of nitrogen functional groups attached to an aromatic ring is 2. The van der Waals surface area contributed by atoms with Gasteiger partial charge in [0.05, 0.1) is 17.8 Å². The Morgan fingerprint density at radius 1 is 1.11 bits per heavy atom. The molecule has 1 aliphatic carbocycles. The molecule has 2 saturated heterocycles. The van der Waals surface area contributed by atoms with Gasteiger partial charge in [-0.05, 0) is 54.0 Å². The Morgan fingerprint density at radius 3 is 2.68 bits per heavy atom. The molecular formula is C26H29ClN8O2S. The highest BCUT2D eigenvalue weighted by atomic mass is 35.5. The Kier molecular flexibility index (Phi) is 6.55. The van der Waals surface area contributed by atoms with E-state index in [1.165, 1.54) is 17.3 Å². The highest BCUT2D eigenvalue weighted by Crippen LogP contribution is 2.51. The van der Waals surface area contributed by atoms with Crippen molar-refractivity contribution in [3.8, 4) is 0 Å². The van der Waals surface area contributed by atoms with Crippen molar-refractivity contribution in [1.29, 1.82) is 0 Å². The highest BCUT2D eigenvalue weighted by Gasteiger charge is 2.46. The summed E-state index contributed by atoms with van der Waals surface area (Å²) in [5.74, 6) is 1.34. The van der Waals surface area contributed by atoms with Crippen LogP contribution in [0.3, 0.4) is 0 Å². The van der Waals surface area contributed by atoms with Crippen LogP contribution in [0.1, 0.15) is 30.0 Å². The number of hydrogen-bond donors (Lipinski definition) is 3. The number of carbonyl (C=O) groups is 1. The zero-order valence-corrected chi connectivity index (χ0v) is 22.3. The van der Waals surface area contributed by atoms with Gasteiger partial charge in [0.1, 0.15) is 23.3 Å². The van der Waals surface area contributed by atoms with E-state index in [9.17, 15) is 4.79 Å². The Bertz CT molecular complexity index is 1400. The maximum absolute atomic E-state index is 12.3. The zero-order chi connectivity index (χ0) is 26.4. The molecule has 198 valence electrons. The number of pyridine rings is 1. The number of rotatable bonds is 4. The molecule has 2 fully saturated rings. The van der Waals surface area contributed by atoms with E-state index in [1.54, 1.807) is 23.4 Å². The van der Waals surface area contributed by atoms with E-state index in [0.29, 0.717) is 29.0 Å². The van der Waals surface area contributed by atoms with Gasteiger partial charge in [-0.3, -0.25) is 4.79 Å². The molecule has 0 saturated carbocycles. The maximum atomic E-state index is 12.3. The van der Waals surface area contributed by atoms with Crippen LogP contribution >= 0.6 is 23.4 Å². The number of hydrogen-bond acceptors (Lipinski definition) is 10. The average Bonchev–Trinajstić information content (AvgIpc) is 3.19. The van der Waals surface area contributed by atoms with E-state index >= 15 is 0 Å². The first-order valence-corrected chi connectivity index (χ1v) is 13.8. The maximum Gasteiger partial charge on any atom is 0.253 e. The summed E-state index contributed by atoms with van der Waals surface area (Å²) in [5.41, 5.74) is 22.3. The molecule has 1 atom stereocenters. The largest absolute Gasteiger partial charge is 0.382 e. The Labute approximate surface area is 229 Å². The van der Waals surface area contributed by atoms with Gasteiger partial charge in [-0.1, -0.05) is 29.4 Å². The van der Waals surface area contributed by atoms with Crippen molar-refractivity contribution >= 4 is 52.4 Å². The Hall–Kier alpha value is -3.12. The number of benzene rings is 1. The van der Waals surface area contributed by atoms with Crippen LogP contribution in [-0.4, -0.2) is 53.7 Å². The number of nitrogens with zero attached hydrogens (tertiary/aromatic N) is 5. The van der Waals surface area contributed by atoms with Gasteiger partial charge < -0.3 is 31.7 Å². The second-order valence-electron chi connectivity index (χ2n) is 10.0. The average molecular weight is 553 g/mol. The number of anilines is 4. The van der Waals surface area contributed by atoms with Gasteiger partial charge in [0.15, 0.2) is 5.82 Å². The van der Waals surface area contributed by atoms with Gasteiger partial charge in [0.2, 0.25) is 0 Å². The summed E-state index contributed by atoms with van der Waals surface area (Å²) in [5, 5.41) is 0.944. The van der Waals surface area contributed by atoms with Crippen molar-refractivity contribution < 1.29 is 9.53 Å². The number of halogens is 1. The lowest BCUT2D eigenvalue weighted by Crippen LogP contribution is -2.44. The molecule has 0 bridgehead atoms. The standard InChI is InChI=1S/C26H29ClN8O2S/c27-21-18(3-6-31-23(21)29)38-25-24(30)33-19(13-32-25)34-7-4-26(5-8-34)12-15-1-2-16(11-17(15)22(26)28)35-9-10-37-14-20(35)36/h1-3,6,11,13,22H,4-5,7-10,12,14,28H2,(H2,29,31)(H2,30,33)/t22-/m1/s1. The van der Waals surface area contributed by atoms with E-state index < -0.39 is 0 Å². The van der Waals surface area contributed by atoms with E-state index in [2.05, 4.69) is 32.0 Å². The fourth-order valence-electron chi connectivity index (χ4n) is 5.72. The van der Waals surface area contributed by atoms with Crippen molar-refractivity contribution in [2.75, 3.05) is 54.1 Å². The number of carbonyl (C=O) groups excluding carboxylic acids is 1. The fraction of sp³-hybridized carbons (Fsp3) is 0.385. The molecule has 2 aliphatic heterocycles. The molecule has 38 heavy (non-hydrogen) atoms. The second-order valence-corrected chi connectivity index (χ2v) is 11.4. The molecule has 3 aromatic rings. The van der Waals surface area contributed by atoms with Gasteiger partial charge in [-0.25, -0.2) is 15.0 Å². The number of fused-ring (bicyclic) bond motifs is 1. The number of piperidine rings is 1. The number of nitrogens with two attached hydrogens (primary N) is 3. The molecule has 4 heterocycles. The number of morpholine rings is 1. The molecule has 1 aromatic carbocycles. The molecule has 10 nitrogen and oxygen atoms in total. The first-order valence-electron chi connectivity index (χ1n) is 12.6. The van der Waals surface area contributed by atoms with Gasteiger partial charge in [-0.15, -0.1) is 0 Å². The van der Waals surface area contributed by atoms with Crippen molar-refractivity contribution in [3.63, 3.8) is 0 Å². The van der Waals surface area contributed by atoms with E-state index in [-0.39, 0.29) is 29.8 Å². The molecule has 6 N–H and O–H groups in total. The van der Waals surface area contributed by atoms with E-state index in [4.69, 9.17) is 33.5 Å². The molecule has 1 spiro atoms. The predicted octanol–water partition coefficient (Wildman–Crippen LogP) is 3.05. The van der Waals surface area contributed by atoms with Gasteiger partial charge >= 0.3 is 0 Å². The summed E-state index contributed by atoms with van der Waals surface area (Å²) in [4.78, 5) is 30.3. The fourth-order valence-corrected chi connectivity index (χ4v) is 6.73. The summed E-state index contributed by atoms with van der Waals surface area (Å²) < 4.78 is 5.28. The van der Waals surface area contributed by atoms with Gasteiger partial charge in [0.25, 0.3) is 5.91 Å². The summed E-state index contributed by atoms with van der Waals surface area (Å²) in [6.07, 6.45) is 6.15.